The highest BCUT2D eigenvalue weighted by molar-refractivity contribution is 5.89. The van der Waals surface area contributed by atoms with Crippen molar-refractivity contribution in [1.82, 2.24) is 5.32 Å². The van der Waals surface area contributed by atoms with Crippen molar-refractivity contribution in [2.75, 3.05) is 18.5 Å². The maximum Gasteiger partial charge on any atom is 0.319 e. The zero-order valence-corrected chi connectivity index (χ0v) is 10.2. The topological polar surface area (TPSA) is 61.4 Å². The Morgan fingerprint density at radius 1 is 1.29 bits per heavy atom. The highest BCUT2D eigenvalue weighted by Gasteiger charge is 2.00. The maximum absolute atomic E-state index is 11.3. The summed E-state index contributed by atoms with van der Waals surface area (Å²) in [5.41, 5.74) is 2.05. The third-order valence-electron chi connectivity index (χ3n) is 2.43. The van der Waals surface area contributed by atoms with E-state index < -0.39 is 0 Å². The summed E-state index contributed by atoms with van der Waals surface area (Å²) in [6.07, 6.45) is 3.45. The molecule has 0 aliphatic heterocycles. The summed E-state index contributed by atoms with van der Waals surface area (Å²) in [6, 6.07) is 7.54. The summed E-state index contributed by atoms with van der Waals surface area (Å²) in [5.74, 6) is 0. The van der Waals surface area contributed by atoms with Crippen molar-refractivity contribution in [2.24, 2.45) is 0 Å². The van der Waals surface area contributed by atoms with E-state index in [1.54, 1.807) is 0 Å². The van der Waals surface area contributed by atoms with E-state index in [1.807, 2.05) is 24.3 Å². The lowest BCUT2D eigenvalue weighted by Crippen LogP contribution is -2.30. The number of aliphatic hydroxyl groups is 1. The predicted octanol–water partition coefficient (Wildman–Crippen LogP) is 2.14. The molecule has 1 aromatic carbocycles. The van der Waals surface area contributed by atoms with Gasteiger partial charge in [-0.05, 0) is 30.5 Å². The fraction of sp³-hybridized carbons (Fsp3) is 0.462. The normalized spacial score (nSPS) is 10.0. The zero-order chi connectivity index (χ0) is 12.5. The van der Waals surface area contributed by atoms with Crippen molar-refractivity contribution in [1.29, 1.82) is 0 Å². The van der Waals surface area contributed by atoms with Gasteiger partial charge in [0.05, 0.1) is 6.61 Å². The van der Waals surface area contributed by atoms with Crippen LogP contribution in [0.3, 0.4) is 0 Å². The van der Waals surface area contributed by atoms with Crippen LogP contribution < -0.4 is 10.6 Å². The first kappa shape index (κ1) is 13.5. The van der Waals surface area contributed by atoms with Gasteiger partial charge in [0.25, 0.3) is 0 Å². The van der Waals surface area contributed by atoms with Gasteiger partial charge in [0.1, 0.15) is 0 Å². The molecule has 0 unspecified atom stereocenters. The van der Waals surface area contributed by atoms with E-state index in [1.165, 1.54) is 18.4 Å². The number of hydrogen-bond donors (Lipinski definition) is 3. The predicted molar refractivity (Wildman–Crippen MR) is 69.2 cm³/mol. The molecule has 0 saturated heterocycles. The van der Waals surface area contributed by atoms with Crippen molar-refractivity contribution in [3.05, 3.63) is 29.8 Å². The molecule has 1 aromatic rings. The fourth-order valence-electron chi connectivity index (χ4n) is 1.48. The van der Waals surface area contributed by atoms with Crippen LogP contribution in [0, 0.1) is 0 Å². The van der Waals surface area contributed by atoms with Gasteiger partial charge in [-0.2, -0.15) is 0 Å². The number of urea groups is 1. The van der Waals surface area contributed by atoms with Crippen LogP contribution in [0.1, 0.15) is 25.3 Å². The first-order valence-corrected chi connectivity index (χ1v) is 6.01. The molecule has 94 valence electrons. The Morgan fingerprint density at radius 2 is 2.00 bits per heavy atom. The maximum atomic E-state index is 11.3. The minimum Gasteiger partial charge on any atom is -0.395 e. The minimum absolute atomic E-state index is 0.0522. The highest BCUT2D eigenvalue weighted by atomic mass is 16.3. The van der Waals surface area contributed by atoms with Gasteiger partial charge in [-0.15, -0.1) is 0 Å². The molecule has 4 heteroatoms. The summed E-state index contributed by atoms with van der Waals surface area (Å²) in [6.45, 7) is 2.38. The van der Waals surface area contributed by atoms with Gasteiger partial charge in [-0.1, -0.05) is 25.5 Å². The molecule has 0 aromatic heterocycles. The first-order chi connectivity index (χ1) is 8.26. The number of aliphatic hydroxyl groups excluding tert-OH is 1. The summed E-state index contributed by atoms with van der Waals surface area (Å²) in [5, 5.41) is 13.8. The number of amides is 2. The number of rotatable bonds is 6. The molecule has 0 fully saturated rings. The van der Waals surface area contributed by atoms with Gasteiger partial charge in [0, 0.05) is 12.2 Å². The van der Waals surface area contributed by atoms with Gasteiger partial charge in [0.15, 0.2) is 0 Å². The number of carbonyl (C=O) groups excluding carboxylic acids is 1. The van der Waals surface area contributed by atoms with Crippen LogP contribution in [0.25, 0.3) is 0 Å². The Labute approximate surface area is 102 Å². The number of benzene rings is 1. The van der Waals surface area contributed by atoms with Crippen LogP contribution in [0.5, 0.6) is 0 Å². The summed E-state index contributed by atoms with van der Waals surface area (Å²) >= 11 is 0. The molecule has 0 heterocycles. The van der Waals surface area contributed by atoms with Crippen molar-refractivity contribution in [3.63, 3.8) is 0 Å². The van der Waals surface area contributed by atoms with Crippen molar-refractivity contribution in [3.8, 4) is 0 Å². The number of nitrogens with one attached hydrogen (secondary N) is 2. The SMILES string of the molecule is CCCCc1ccc(NC(=O)NCCO)cc1. The molecule has 0 spiro atoms. The van der Waals surface area contributed by atoms with E-state index in [0.717, 1.165) is 12.1 Å². The number of unbranched alkanes of at least 4 members (excludes halogenated alkanes) is 1. The second-order valence-corrected chi connectivity index (χ2v) is 3.90. The number of anilines is 1. The molecule has 17 heavy (non-hydrogen) atoms. The Kier molecular flexibility index (Phi) is 6.10. The van der Waals surface area contributed by atoms with E-state index >= 15 is 0 Å². The van der Waals surface area contributed by atoms with Crippen LogP contribution >= 0.6 is 0 Å². The summed E-state index contributed by atoms with van der Waals surface area (Å²) in [7, 11) is 0. The molecule has 1 rings (SSSR count). The van der Waals surface area contributed by atoms with Crippen molar-refractivity contribution in [2.45, 2.75) is 26.2 Å². The average molecular weight is 236 g/mol. The summed E-state index contributed by atoms with van der Waals surface area (Å²) < 4.78 is 0. The smallest absolute Gasteiger partial charge is 0.319 e. The molecule has 2 amide bonds. The van der Waals surface area contributed by atoms with E-state index in [4.69, 9.17) is 5.11 Å². The van der Waals surface area contributed by atoms with Crippen LogP contribution in [0.15, 0.2) is 24.3 Å². The molecule has 3 N–H and O–H groups in total. The summed E-state index contributed by atoms with van der Waals surface area (Å²) in [4.78, 5) is 11.3. The second kappa shape index (κ2) is 7.68. The molecule has 4 nitrogen and oxygen atoms in total. The molecule has 0 radical (unpaired) electrons. The molecule has 0 saturated carbocycles. The average Bonchev–Trinajstić information content (AvgIpc) is 2.35. The number of carbonyl (C=O) groups is 1. The number of aryl methyl sites for hydroxylation is 1. The molecule has 0 aliphatic carbocycles. The van der Waals surface area contributed by atoms with Gasteiger partial charge >= 0.3 is 6.03 Å². The van der Waals surface area contributed by atoms with Crippen LogP contribution in [0.4, 0.5) is 10.5 Å². The molecule has 0 bridgehead atoms. The van der Waals surface area contributed by atoms with E-state index in [9.17, 15) is 4.79 Å². The Bertz CT molecular complexity index is 336. The van der Waals surface area contributed by atoms with Crippen molar-refractivity contribution >= 4 is 11.7 Å². The second-order valence-electron chi connectivity index (χ2n) is 3.90. The standard InChI is InChI=1S/C13H20N2O2/c1-2-3-4-11-5-7-12(8-6-11)15-13(17)14-9-10-16/h5-8,16H,2-4,9-10H2,1H3,(H2,14,15,17). The Morgan fingerprint density at radius 3 is 2.59 bits per heavy atom. The van der Waals surface area contributed by atoms with Crippen LogP contribution in [-0.2, 0) is 6.42 Å². The molecular weight excluding hydrogens is 216 g/mol. The van der Waals surface area contributed by atoms with Gasteiger partial charge in [0.2, 0.25) is 0 Å². The van der Waals surface area contributed by atoms with Gasteiger partial charge in [-0.25, -0.2) is 4.79 Å². The quantitative estimate of drug-likeness (QED) is 0.708. The number of hydrogen-bond acceptors (Lipinski definition) is 2. The molecular formula is C13H20N2O2. The first-order valence-electron chi connectivity index (χ1n) is 6.01. The van der Waals surface area contributed by atoms with E-state index in [0.29, 0.717) is 0 Å². The third-order valence-corrected chi connectivity index (χ3v) is 2.43. The minimum atomic E-state index is -0.291. The highest BCUT2D eigenvalue weighted by Crippen LogP contribution is 2.11. The Hall–Kier alpha value is -1.55. The van der Waals surface area contributed by atoms with Crippen LogP contribution in [0.2, 0.25) is 0 Å². The van der Waals surface area contributed by atoms with E-state index in [2.05, 4.69) is 17.6 Å². The third kappa shape index (κ3) is 5.36. The molecule has 0 aliphatic rings. The fourth-order valence-corrected chi connectivity index (χ4v) is 1.48. The lowest BCUT2D eigenvalue weighted by atomic mass is 10.1. The zero-order valence-electron chi connectivity index (χ0n) is 10.2. The van der Waals surface area contributed by atoms with Crippen LogP contribution in [-0.4, -0.2) is 24.3 Å². The Balaban J connectivity index is 2.42. The van der Waals surface area contributed by atoms with E-state index in [-0.39, 0.29) is 19.2 Å². The monoisotopic (exact) mass is 236 g/mol. The van der Waals surface area contributed by atoms with Gasteiger partial charge < -0.3 is 15.7 Å². The lowest BCUT2D eigenvalue weighted by Gasteiger charge is -2.07. The lowest BCUT2D eigenvalue weighted by molar-refractivity contribution is 0.245. The largest absolute Gasteiger partial charge is 0.395 e. The molecule has 0 atom stereocenters. The van der Waals surface area contributed by atoms with Gasteiger partial charge in [-0.3, -0.25) is 0 Å². The van der Waals surface area contributed by atoms with Crippen molar-refractivity contribution < 1.29 is 9.90 Å².